The van der Waals surface area contributed by atoms with Crippen LogP contribution in [0.1, 0.15) is 0 Å². The minimum Gasteiger partial charge on any atom is -0.310 e. The highest BCUT2D eigenvalue weighted by atomic mass is 32.1. The zero-order valence-electron chi connectivity index (χ0n) is 26.6. The van der Waals surface area contributed by atoms with Crippen LogP contribution in [0.2, 0.25) is 0 Å². The zero-order valence-corrected chi connectivity index (χ0v) is 27.4. The van der Waals surface area contributed by atoms with Crippen molar-refractivity contribution in [3.63, 3.8) is 0 Å². The maximum atomic E-state index is 2.42. The Morgan fingerprint density at radius 1 is 0.388 bits per heavy atom. The van der Waals surface area contributed by atoms with E-state index in [1.165, 1.54) is 63.9 Å². The van der Waals surface area contributed by atoms with Gasteiger partial charge in [-0.05, 0) is 83.2 Å². The van der Waals surface area contributed by atoms with Crippen molar-refractivity contribution in [1.29, 1.82) is 0 Å². The lowest BCUT2D eigenvalue weighted by Crippen LogP contribution is -2.09. The van der Waals surface area contributed by atoms with E-state index in [9.17, 15) is 0 Å². The molecule has 10 rings (SSSR count). The molecule has 0 amide bonds. The van der Waals surface area contributed by atoms with Crippen molar-refractivity contribution in [3.05, 3.63) is 182 Å². The van der Waals surface area contributed by atoms with E-state index in [-0.39, 0.29) is 0 Å². The first-order valence-electron chi connectivity index (χ1n) is 16.7. The van der Waals surface area contributed by atoms with Gasteiger partial charge in [0.1, 0.15) is 0 Å². The summed E-state index contributed by atoms with van der Waals surface area (Å²) in [5.41, 5.74) is 9.44. The van der Waals surface area contributed by atoms with Gasteiger partial charge in [-0.25, -0.2) is 0 Å². The third kappa shape index (κ3) is 4.55. The van der Waals surface area contributed by atoms with Gasteiger partial charge in [-0.3, -0.25) is 0 Å². The van der Waals surface area contributed by atoms with E-state index in [2.05, 4.69) is 191 Å². The lowest BCUT2D eigenvalue weighted by molar-refractivity contribution is 1.19. The molecule has 0 bridgehead atoms. The zero-order chi connectivity index (χ0) is 32.3. The van der Waals surface area contributed by atoms with Crippen LogP contribution in [0, 0.1) is 0 Å². The van der Waals surface area contributed by atoms with Crippen LogP contribution in [0.15, 0.2) is 182 Å². The Labute approximate surface area is 288 Å². The molecule has 3 heteroatoms. The molecular formula is C46H30N2S. The van der Waals surface area contributed by atoms with Crippen molar-refractivity contribution in [3.8, 4) is 16.8 Å². The van der Waals surface area contributed by atoms with E-state index in [1.54, 1.807) is 0 Å². The molecule has 8 aromatic carbocycles. The number of hydrogen-bond donors (Lipinski definition) is 0. The summed E-state index contributed by atoms with van der Waals surface area (Å²) in [5.74, 6) is 0. The molecule has 0 fully saturated rings. The maximum absolute atomic E-state index is 2.42. The van der Waals surface area contributed by atoms with E-state index in [0.29, 0.717) is 0 Å². The average Bonchev–Trinajstić information content (AvgIpc) is 3.72. The molecule has 49 heavy (non-hydrogen) atoms. The Bertz CT molecular complexity index is 2810. The molecule has 2 aromatic heterocycles. The second-order valence-electron chi connectivity index (χ2n) is 12.6. The second-order valence-corrected chi connectivity index (χ2v) is 13.7. The van der Waals surface area contributed by atoms with Gasteiger partial charge in [-0.2, -0.15) is 0 Å². The number of anilines is 3. The van der Waals surface area contributed by atoms with Gasteiger partial charge in [0.15, 0.2) is 0 Å². The third-order valence-corrected chi connectivity index (χ3v) is 10.9. The number of aromatic nitrogens is 1. The summed E-state index contributed by atoms with van der Waals surface area (Å²) in [6.07, 6.45) is 0. The van der Waals surface area contributed by atoms with Gasteiger partial charge in [-0.1, -0.05) is 115 Å². The summed E-state index contributed by atoms with van der Waals surface area (Å²) in [4.78, 5) is 2.35. The highest BCUT2D eigenvalue weighted by molar-refractivity contribution is 7.25. The number of nitrogens with zero attached hydrogens (tertiary/aromatic N) is 2. The standard InChI is InChI=1S/C46H30N2S/c1-2-11-34(12-3-1)47(37-27-29-45-42(30-37)40-15-7-9-17-44(40)49-45)35-23-18-31(19-24-35)32-20-25-36(26-21-32)48-43-16-8-6-14-39(43)41-28-22-33-10-4-5-13-38(33)46(41)48/h1-30H. The van der Waals surface area contributed by atoms with Crippen LogP contribution in [0.5, 0.6) is 0 Å². The summed E-state index contributed by atoms with van der Waals surface area (Å²) in [5, 5.41) is 7.69. The molecule has 10 aromatic rings. The van der Waals surface area contributed by atoms with Crippen molar-refractivity contribution in [2.45, 2.75) is 0 Å². The Morgan fingerprint density at radius 3 is 1.82 bits per heavy atom. The SMILES string of the molecule is c1ccc(N(c2ccc(-c3ccc(-n4c5ccccc5c5ccc6ccccc6c54)cc3)cc2)c2ccc3sc4ccccc4c3c2)cc1. The van der Waals surface area contributed by atoms with Crippen LogP contribution in [0.3, 0.4) is 0 Å². The number of para-hydroxylation sites is 2. The molecule has 230 valence electrons. The molecule has 0 aliphatic carbocycles. The fourth-order valence-electron chi connectivity index (χ4n) is 7.48. The molecule has 0 atom stereocenters. The molecule has 0 radical (unpaired) electrons. The molecule has 0 saturated carbocycles. The Kier molecular flexibility index (Phi) is 6.39. The van der Waals surface area contributed by atoms with Gasteiger partial charge in [0, 0.05) is 59.1 Å². The van der Waals surface area contributed by atoms with E-state index in [4.69, 9.17) is 0 Å². The first-order valence-corrected chi connectivity index (χ1v) is 17.5. The van der Waals surface area contributed by atoms with Gasteiger partial charge in [0.2, 0.25) is 0 Å². The van der Waals surface area contributed by atoms with Crippen LogP contribution >= 0.6 is 11.3 Å². The number of fused-ring (bicyclic) bond motifs is 8. The highest BCUT2D eigenvalue weighted by Crippen LogP contribution is 2.41. The molecule has 0 N–H and O–H groups in total. The quantitative estimate of drug-likeness (QED) is 0.181. The van der Waals surface area contributed by atoms with Crippen molar-refractivity contribution in [2.75, 3.05) is 4.90 Å². The first-order chi connectivity index (χ1) is 24.3. The Morgan fingerprint density at radius 2 is 1.00 bits per heavy atom. The van der Waals surface area contributed by atoms with Crippen LogP contribution < -0.4 is 4.90 Å². The molecule has 2 nitrogen and oxygen atoms in total. The van der Waals surface area contributed by atoms with E-state index in [1.807, 2.05) is 11.3 Å². The predicted molar refractivity (Wildman–Crippen MR) is 211 cm³/mol. The summed E-state index contributed by atoms with van der Waals surface area (Å²) >= 11 is 1.85. The molecule has 0 aliphatic rings. The minimum absolute atomic E-state index is 1.13. The molecule has 0 saturated heterocycles. The monoisotopic (exact) mass is 642 g/mol. The number of rotatable bonds is 5. The predicted octanol–water partition coefficient (Wildman–Crippen LogP) is 13.4. The van der Waals surface area contributed by atoms with Crippen LogP contribution in [-0.4, -0.2) is 4.57 Å². The van der Waals surface area contributed by atoms with Gasteiger partial charge in [-0.15, -0.1) is 11.3 Å². The van der Waals surface area contributed by atoms with Crippen molar-refractivity contribution < 1.29 is 0 Å². The smallest absolute Gasteiger partial charge is 0.0619 e. The van der Waals surface area contributed by atoms with Crippen molar-refractivity contribution >= 4 is 81.1 Å². The number of hydrogen-bond acceptors (Lipinski definition) is 2. The second kappa shape index (κ2) is 11.2. The molecule has 0 unspecified atom stereocenters. The number of benzene rings is 8. The highest BCUT2D eigenvalue weighted by Gasteiger charge is 2.17. The molecular weight excluding hydrogens is 613 g/mol. The summed E-state index contributed by atoms with van der Waals surface area (Å²) < 4.78 is 5.05. The minimum atomic E-state index is 1.13. The van der Waals surface area contributed by atoms with Crippen molar-refractivity contribution in [2.24, 2.45) is 0 Å². The van der Waals surface area contributed by atoms with Gasteiger partial charge in [0.25, 0.3) is 0 Å². The van der Waals surface area contributed by atoms with Crippen LogP contribution in [0.25, 0.3) is 69.6 Å². The number of thiophene rings is 1. The summed E-state index contributed by atoms with van der Waals surface area (Å²) in [7, 11) is 0. The first kappa shape index (κ1) is 27.9. The van der Waals surface area contributed by atoms with Gasteiger partial charge < -0.3 is 9.47 Å². The molecule has 0 aliphatic heterocycles. The van der Waals surface area contributed by atoms with Crippen LogP contribution in [-0.2, 0) is 0 Å². The lowest BCUT2D eigenvalue weighted by atomic mass is 10.0. The van der Waals surface area contributed by atoms with E-state index >= 15 is 0 Å². The average molecular weight is 643 g/mol. The lowest BCUT2D eigenvalue weighted by Gasteiger charge is -2.26. The van der Waals surface area contributed by atoms with Gasteiger partial charge in [0.05, 0.1) is 11.0 Å². The summed E-state index contributed by atoms with van der Waals surface area (Å²) in [6.45, 7) is 0. The Balaban J connectivity index is 1.04. The van der Waals surface area contributed by atoms with Gasteiger partial charge >= 0.3 is 0 Å². The topological polar surface area (TPSA) is 8.17 Å². The molecule has 2 heterocycles. The molecule has 0 spiro atoms. The third-order valence-electron chi connectivity index (χ3n) is 9.78. The maximum Gasteiger partial charge on any atom is 0.0619 e. The fraction of sp³-hybridized carbons (Fsp3) is 0. The van der Waals surface area contributed by atoms with Crippen molar-refractivity contribution in [1.82, 2.24) is 4.57 Å². The van der Waals surface area contributed by atoms with Crippen LogP contribution in [0.4, 0.5) is 17.1 Å². The fourth-order valence-corrected chi connectivity index (χ4v) is 8.57. The normalized spacial score (nSPS) is 11.7. The Hall–Kier alpha value is -6.16. The summed E-state index contributed by atoms with van der Waals surface area (Å²) in [6, 6.07) is 66.1. The van der Waals surface area contributed by atoms with E-state index in [0.717, 1.165) is 22.7 Å². The largest absolute Gasteiger partial charge is 0.310 e. The van der Waals surface area contributed by atoms with E-state index < -0.39 is 0 Å².